The molecule has 5 heteroatoms. The summed E-state index contributed by atoms with van der Waals surface area (Å²) in [4.78, 5) is 13.4. The van der Waals surface area contributed by atoms with Crippen LogP contribution in [-0.4, -0.2) is 21.4 Å². The van der Waals surface area contributed by atoms with E-state index in [-0.39, 0.29) is 10.1 Å². The fourth-order valence-corrected chi connectivity index (χ4v) is 2.58. The van der Waals surface area contributed by atoms with Gasteiger partial charge in [0.25, 0.3) is 5.24 Å². The van der Waals surface area contributed by atoms with Crippen LogP contribution in [0.5, 0.6) is 0 Å². The summed E-state index contributed by atoms with van der Waals surface area (Å²) in [5.41, 5.74) is 1.34. The maximum Gasteiger partial charge on any atom is 0.283 e. The highest BCUT2D eigenvalue weighted by Gasteiger charge is 2.12. The number of benzene rings is 1. The molecule has 0 aromatic heterocycles. The fourth-order valence-electron chi connectivity index (χ4n) is 1.59. The molecule has 0 spiro atoms. The summed E-state index contributed by atoms with van der Waals surface area (Å²) in [6, 6.07) is 8.26. The summed E-state index contributed by atoms with van der Waals surface area (Å²) in [7, 11) is 0. The van der Waals surface area contributed by atoms with Crippen LogP contribution >= 0.6 is 43.6 Å². The van der Waals surface area contributed by atoms with Crippen LogP contribution in [0.15, 0.2) is 29.2 Å². The fraction of sp³-hybridized carbons (Fsp3) is 0.533. The van der Waals surface area contributed by atoms with E-state index in [1.165, 1.54) is 30.2 Å². The Hall–Kier alpha value is 0. The lowest BCUT2D eigenvalue weighted by Gasteiger charge is -2.12. The molecular weight excluding hydrogens is 402 g/mol. The molecule has 2 atom stereocenters. The Bertz CT molecular complexity index is 409. The summed E-state index contributed by atoms with van der Waals surface area (Å²) in [6.07, 6.45) is 3.53. The largest absolute Gasteiger partial charge is 0.346 e. The summed E-state index contributed by atoms with van der Waals surface area (Å²) >= 11 is 8.24. The third-order valence-corrected chi connectivity index (χ3v) is 6.19. The Labute approximate surface area is 142 Å². The maximum absolute atomic E-state index is 11.8. The minimum atomic E-state index is -0.0103. The second-order valence-corrected chi connectivity index (χ2v) is 8.38. The van der Waals surface area contributed by atoms with Crippen molar-refractivity contribution in [1.29, 1.82) is 0 Å². The lowest BCUT2D eigenvalue weighted by molar-refractivity contribution is 0.261. The molecule has 0 aliphatic heterocycles. The van der Waals surface area contributed by atoms with Crippen LogP contribution in [0.2, 0.25) is 0 Å². The van der Waals surface area contributed by atoms with Crippen LogP contribution in [0.1, 0.15) is 32.3 Å². The van der Waals surface area contributed by atoms with Crippen LogP contribution in [0, 0.1) is 0 Å². The van der Waals surface area contributed by atoms with Crippen molar-refractivity contribution < 1.29 is 4.79 Å². The zero-order chi connectivity index (χ0) is 15.0. The van der Waals surface area contributed by atoms with Gasteiger partial charge in [0, 0.05) is 21.1 Å². The van der Waals surface area contributed by atoms with E-state index in [1.807, 2.05) is 19.1 Å². The molecule has 0 aliphatic carbocycles. The van der Waals surface area contributed by atoms with Crippen LogP contribution < -0.4 is 5.32 Å². The van der Waals surface area contributed by atoms with Gasteiger partial charge in [-0.15, -0.1) is 0 Å². The van der Waals surface area contributed by atoms with E-state index in [1.54, 1.807) is 0 Å². The van der Waals surface area contributed by atoms with Gasteiger partial charge in [-0.2, -0.15) is 0 Å². The Kier molecular flexibility index (Phi) is 8.89. The average Bonchev–Trinajstić information content (AvgIpc) is 2.44. The van der Waals surface area contributed by atoms with Gasteiger partial charge in [0.2, 0.25) is 0 Å². The molecule has 20 heavy (non-hydrogen) atoms. The number of alkyl halides is 2. The van der Waals surface area contributed by atoms with Crippen LogP contribution in [0.3, 0.4) is 0 Å². The quantitative estimate of drug-likeness (QED) is 0.472. The lowest BCUT2D eigenvalue weighted by atomic mass is 10.1. The van der Waals surface area contributed by atoms with E-state index >= 15 is 0 Å². The third kappa shape index (κ3) is 7.14. The Balaban J connectivity index is 2.38. The summed E-state index contributed by atoms with van der Waals surface area (Å²) < 4.78 is 0. The number of hydrogen-bond acceptors (Lipinski definition) is 2. The number of carbonyl (C=O) groups excluding carboxylic acids is 1. The van der Waals surface area contributed by atoms with E-state index in [9.17, 15) is 4.79 Å². The van der Waals surface area contributed by atoms with E-state index < -0.39 is 0 Å². The van der Waals surface area contributed by atoms with Crippen molar-refractivity contribution in [3.05, 3.63) is 29.8 Å². The number of aryl methyl sites for hydroxylation is 1. The number of nitrogens with one attached hydrogen (secondary N) is 1. The van der Waals surface area contributed by atoms with E-state index in [2.05, 4.69) is 56.2 Å². The second kappa shape index (κ2) is 9.85. The van der Waals surface area contributed by atoms with Crippen molar-refractivity contribution in [3.8, 4) is 0 Å². The summed E-state index contributed by atoms with van der Waals surface area (Å²) in [5, 5.41) is 2.90. The molecule has 2 nitrogen and oxygen atoms in total. The van der Waals surface area contributed by atoms with Gasteiger partial charge in [-0.1, -0.05) is 64.3 Å². The van der Waals surface area contributed by atoms with E-state index in [0.29, 0.717) is 11.4 Å². The molecule has 0 fully saturated rings. The molecule has 0 aliphatic rings. The molecule has 0 radical (unpaired) electrons. The second-order valence-electron chi connectivity index (χ2n) is 4.71. The molecule has 0 saturated heterocycles. The van der Waals surface area contributed by atoms with Gasteiger partial charge >= 0.3 is 0 Å². The molecule has 0 heterocycles. The Morgan fingerprint density at radius 3 is 2.50 bits per heavy atom. The minimum absolute atomic E-state index is 0.0103. The normalized spacial score (nSPS) is 13.8. The van der Waals surface area contributed by atoms with E-state index in [4.69, 9.17) is 0 Å². The SMILES string of the molecule is CCCCc1ccc(SC(=O)NCC(Br)C(C)Br)cc1. The number of unbranched alkanes of at least 4 members (excludes halogenated alkanes) is 1. The maximum atomic E-state index is 11.8. The minimum Gasteiger partial charge on any atom is -0.346 e. The van der Waals surface area contributed by atoms with Gasteiger partial charge in [-0.05, 0) is 42.3 Å². The standard InChI is InChI=1S/C15H21Br2NOS/c1-3-4-5-12-6-8-13(9-7-12)20-15(19)18-10-14(17)11(2)16/h6-9,11,14H,3-5,10H2,1-2H3,(H,18,19). The molecule has 2 unspecified atom stereocenters. The molecule has 1 amide bonds. The molecule has 1 rings (SSSR count). The van der Waals surface area contributed by atoms with Crippen molar-refractivity contribution in [2.45, 2.75) is 47.7 Å². The van der Waals surface area contributed by atoms with E-state index in [0.717, 1.165) is 11.3 Å². The summed E-state index contributed by atoms with van der Waals surface area (Å²) in [6.45, 7) is 4.86. The lowest BCUT2D eigenvalue weighted by Crippen LogP contribution is -2.30. The highest BCUT2D eigenvalue weighted by Crippen LogP contribution is 2.20. The predicted molar refractivity (Wildman–Crippen MR) is 95.4 cm³/mol. The van der Waals surface area contributed by atoms with Gasteiger partial charge in [-0.3, -0.25) is 4.79 Å². The van der Waals surface area contributed by atoms with Crippen molar-refractivity contribution in [1.82, 2.24) is 5.32 Å². The van der Waals surface area contributed by atoms with Gasteiger partial charge in [0.15, 0.2) is 0 Å². The topological polar surface area (TPSA) is 29.1 Å². The van der Waals surface area contributed by atoms with Gasteiger partial charge in [0.05, 0.1) is 0 Å². The molecule has 112 valence electrons. The zero-order valence-corrected chi connectivity index (χ0v) is 15.9. The molecule has 1 aromatic rings. The smallest absolute Gasteiger partial charge is 0.283 e. The zero-order valence-electron chi connectivity index (χ0n) is 11.9. The number of carbonyl (C=O) groups is 1. The van der Waals surface area contributed by atoms with Crippen molar-refractivity contribution in [2.75, 3.05) is 6.54 Å². The number of amides is 1. The predicted octanol–water partition coefficient (Wildman–Crippen LogP) is 5.38. The summed E-state index contributed by atoms with van der Waals surface area (Å²) in [5.74, 6) is 0. The molecule has 0 saturated carbocycles. The number of thioether (sulfide) groups is 1. The number of hydrogen-bond donors (Lipinski definition) is 1. The van der Waals surface area contributed by atoms with Crippen LogP contribution in [0.25, 0.3) is 0 Å². The molecule has 0 bridgehead atoms. The first-order valence-electron chi connectivity index (χ1n) is 6.85. The first-order valence-corrected chi connectivity index (χ1v) is 9.50. The van der Waals surface area contributed by atoms with Gasteiger partial charge < -0.3 is 5.32 Å². The highest BCUT2D eigenvalue weighted by atomic mass is 79.9. The molecule has 1 N–H and O–H groups in total. The Morgan fingerprint density at radius 1 is 1.30 bits per heavy atom. The number of halogens is 2. The molecule has 1 aromatic carbocycles. The number of rotatable bonds is 7. The van der Waals surface area contributed by atoms with Crippen molar-refractivity contribution in [3.63, 3.8) is 0 Å². The van der Waals surface area contributed by atoms with Crippen molar-refractivity contribution >= 4 is 48.9 Å². The van der Waals surface area contributed by atoms with Gasteiger partial charge in [-0.25, -0.2) is 0 Å². The monoisotopic (exact) mass is 421 g/mol. The average molecular weight is 423 g/mol. The Morgan fingerprint density at radius 2 is 1.95 bits per heavy atom. The van der Waals surface area contributed by atoms with Crippen LogP contribution in [0.4, 0.5) is 4.79 Å². The van der Waals surface area contributed by atoms with Crippen LogP contribution in [-0.2, 0) is 6.42 Å². The first kappa shape index (κ1) is 18.1. The van der Waals surface area contributed by atoms with Gasteiger partial charge in [0.1, 0.15) is 0 Å². The highest BCUT2D eigenvalue weighted by molar-refractivity contribution is 9.12. The van der Waals surface area contributed by atoms with Crippen molar-refractivity contribution in [2.24, 2.45) is 0 Å². The first-order chi connectivity index (χ1) is 9.52. The third-order valence-electron chi connectivity index (χ3n) is 2.89. The molecular formula is C15H21Br2NOS.